The lowest BCUT2D eigenvalue weighted by atomic mass is 10.1. The van der Waals surface area contributed by atoms with Crippen LogP contribution in [0.15, 0.2) is 16.5 Å². The molecule has 0 saturated carbocycles. The monoisotopic (exact) mass is 269 g/mol. The van der Waals surface area contributed by atoms with E-state index in [0.29, 0.717) is 24.3 Å². The van der Waals surface area contributed by atoms with E-state index in [1.54, 1.807) is 7.11 Å². The van der Waals surface area contributed by atoms with Gasteiger partial charge in [0, 0.05) is 18.1 Å². The molecule has 0 fully saturated rings. The first kappa shape index (κ1) is 14.0. The molecule has 0 saturated heterocycles. The van der Waals surface area contributed by atoms with Crippen LogP contribution in [0.5, 0.6) is 0 Å². The van der Waals surface area contributed by atoms with Gasteiger partial charge in [0.05, 0.1) is 13.2 Å². The zero-order valence-corrected chi connectivity index (χ0v) is 11.1. The zero-order valence-electron chi connectivity index (χ0n) is 11.1. The van der Waals surface area contributed by atoms with Crippen LogP contribution in [0.3, 0.4) is 0 Å². The van der Waals surface area contributed by atoms with Crippen LogP contribution in [-0.2, 0) is 17.9 Å². The van der Waals surface area contributed by atoms with E-state index in [0.717, 1.165) is 24.6 Å². The van der Waals surface area contributed by atoms with E-state index in [4.69, 9.17) is 9.15 Å². The summed E-state index contributed by atoms with van der Waals surface area (Å²) in [6.45, 7) is 3.67. The Morgan fingerprint density at radius 3 is 2.79 bits per heavy atom. The smallest absolute Gasteiger partial charge is 0.201 e. The van der Waals surface area contributed by atoms with Crippen molar-refractivity contribution in [2.75, 3.05) is 13.7 Å². The summed E-state index contributed by atoms with van der Waals surface area (Å²) < 4.78 is 37.5. The van der Waals surface area contributed by atoms with Gasteiger partial charge in [0.2, 0.25) is 5.82 Å². The van der Waals surface area contributed by atoms with Crippen LogP contribution in [0.4, 0.5) is 8.78 Å². The van der Waals surface area contributed by atoms with Crippen LogP contribution in [0.2, 0.25) is 0 Å². The second-order valence-electron chi connectivity index (χ2n) is 4.35. The summed E-state index contributed by atoms with van der Waals surface area (Å²) in [6.07, 6.45) is 0.989. The maximum absolute atomic E-state index is 13.7. The molecule has 0 spiro atoms. The van der Waals surface area contributed by atoms with Crippen molar-refractivity contribution < 1.29 is 17.9 Å². The Labute approximate surface area is 110 Å². The van der Waals surface area contributed by atoms with Crippen molar-refractivity contribution in [2.24, 2.45) is 0 Å². The predicted octanol–water partition coefficient (Wildman–Crippen LogP) is 3.36. The van der Waals surface area contributed by atoms with E-state index < -0.39 is 11.6 Å². The number of rotatable bonds is 6. The minimum absolute atomic E-state index is 0.0413. The molecule has 1 aromatic carbocycles. The molecule has 2 rings (SSSR count). The van der Waals surface area contributed by atoms with Gasteiger partial charge in [-0.1, -0.05) is 6.92 Å². The van der Waals surface area contributed by atoms with Gasteiger partial charge >= 0.3 is 0 Å². The SMILES string of the molecule is CCCNCc1oc2c(F)c(F)ccc2c1COC. The lowest BCUT2D eigenvalue weighted by molar-refractivity contribution is 0.183. The molecule has 0 aliphatic heterocycles. The summed E-state index contributed by atoms with van der Waals surface area (Å²) in [5.41, 5.74) is 0.723. The highest BCUT2D eigenvalue weighted by Gasteiger charge is 2.18. The van der Waals surface area contributed by atoms with Crippen LogP contribution in [0.1, 0.15) is 24.7 Å². The normalized spacial score (nSPS) is 11.4. The second kappa shape index (κ2) is 6.12. The molecule has 0 amide bonds. The van der Waals surface area contributed by atoms with Gasteiger partial charge in [-0.25, -0.2) is 4.39 Å². The fourth-order valence-electron chi connectivity index (χ4n) is 2.03. The van der Waals surface area contributed by atoms with Crippen molar-refractivity contribution in [1.29, 1.82) is 0 Å². The third kappa shape index (κ3) is 2.77. The fraction of sp³-hybridized carbons (Fsp3) is 0.429. The molecular weight excluding hydrogens is 252 g/mol. The summed E-state index contributed by atoms with van der Waals surface area (Å²) in [7, 11) is 1.56. The van der Waals surface area contributed by atoms with Gasteiger partial charge < -0.3 is 14.5 Å². The molecular formula is C14H17F2NO2. The average molecular weight is 269 g/mol. The largest absolute Gasteiger partial charge is 0.456 e. The molecule has 19 heavy (non-hydrogen) atoms. The van der Waals surface area contributed by atoms with Gasteiger partial charge in [0.15, 0.2) is 11.4 Å². The number of fused-ring (bicyclic) bond motifs is 1. The lowest BCUT2D eigenvalue weighted by Gasteiger charge is -2.03. The first-order valence-corrected chi connectivity index (χ1v) is 6.27. The zero-order chi connectivity index (χ0) is 13.8. The highest BCUT2D eigenvalue weighted by atomic mass is 19.2. The molecule has 0 radical (unpaired) electrons. The summed E-state index contributed by atoms with van der Waals surface area (Å²) in [6, 6.07) is 2.63. The summed E-state index contributed by atoms with van der Waals surface area (Å²) in [4.78, 5) is 0. The summed E-state index contributed by atoms with van der Waals surface area (Å²) in [5.74, 6) is -1.26. The Morgan fingerprint density at radius 2 is 2.11 bits per heavy atom. The van der Waals surface area contributed by atoms with Gasteiger partial charge in [-0.3, -0.25) is 0 Å². The second-order valence-corrected chi connectivity index (χ2v) is 4.35. The van der Waals surface area contributed by atoms with Gasteiger partial charge in [0.1, 0.15) is 5.76 Å². The Bertz CT molecular complexity index is 566. The Balaban J connectivity index is 2.43. The predicted molar refractivity (Wildman–Crippen MR) is 68.8 cm³/mol. The fourth-order valence-corrected chi connectivity index (χ4v) is 2.03. The van der Waals surface area contributed by atoms with Crippen molar-refractivity contribution in [3.63, 3.8) is 0 Å². The number of methoxy groups -OCH3 is 1. The molecule has 5 heteroatoms. The molecule has 0 bridgehead atoms. The third-order valence-corrected chi connectivity index (χ3v) is 2.94. The number of benzene rings is 1. The number of hydrogen-bond donors (Lipinski definition) is 1. The first-order valence-electron chi connectivity index (χ1n) is 6.27. The Hall–Kier alpha value is -1.46. The van der Waals surface area contributed by atoms with E-state index in [1.165, 1.54) is 6.07 Å². The highest BCUT2D eigenvalue weighted by Crippen LogP contribution is 2.29. The van der Waals surface area contributed by atoms with Gasteiger partial charge in [0.25, 0.3) is 0 Å². The molecule has 104 valence electrons. The van der Waals surface area contributed by atoms with Crippen LogP contribution >= 0.6 is 0 Å². The van der Waals surface area contributed by atoms with Crippen LogP contribution in [0, 0.1) is 11.6 Å². The van der Waals surface area contributed by atoms with E-state index in [-0.39, 0.29) is 5.58 Å². The maximum atomic E-state index is 13.7. The van der Waals surface area contributed by atoms with Crippen LogP contribution in [0.25, 0.3) is 11.0 Å². The molecule has 0 aliphatic rings. The summed E-state index contributed by atoms with van der Waals surface area (Å²) >= 11 is 0. The standard InChI is InChI=1S/C14H17F2NO2/c1-3-6-17-7-12-10(8-18-2)9-4-5-11(15)13(16)14(9)19-12/h4-5,17H,3,6-8H2,1-2H3. The van der Waals surface area contributed by atoms with Crippen molar-refractivity contribution in [1.82, 2.24) is 5.32 Å². The number of furan rings is 1. The van der Waals surface area contributed by atoms with Gasteiger partial charge in [-0.05, 0) is 25.1 Å². The first-order chi connectivity index (χ1) is 9.19. The molecule has 1 heterocycles. The van der Waals surface area contributed by atoms with Crippen molar-refractivity contribution in [3.05, 3.63) is 35.1 Å². The molecule has 0 atom stereocenters. The molecule has 1 N–H and O–H groups in total. The van der Waals surface area contributed by atoms with Gasteiger partial charge in [-0.2, -0.15) is 4.39 Å². The van der Waals surface area contributed by atoms with Crippen molar-refractivity contribution in [2.45, 2.75) is 26.5 Å². The average Bonchev–Trinajstić information content (AvgIpc) is 2.74. The number of ether oxygens (including phenoxy) is 1. The number of hydrogen-bond acceptors (Lipinski definition) is 3. The molecule has 2 aromatic rings. The minimum Gasteiger partial charge on any atom is -0.456 e. The van der Waals surface area contributed by atoms with E-state index in [1.807, 2.05) is 0 Å². The van der Waals surface area contributed by atoms with E-state index in [2.05, 4.69) is 12.2 Å². The quantitative estimate of drug-likeness (QED) is 0.817. The summed E-state index contributed by atoms with van der Waals surface area (Å²) in [5, 5.41) is 3.74. The molecule has 0 unspecified atom stereocenters. The maximum Gasteiger partial charge on any atom is 0.201 e. The Kier molecular flexibility index (Phi) is 4.50. The topological polar surface area (TPSA) is 34.4 Å². The number of halogens is 2. The van der Waals surface area contributed by atoms with Crippen LogP contribution in [-0.4, -0.2) is 13.7 Å². The minimum atomic E-state index is -0.948. The van der Waals surface area contributed by atoms with E-state index in [9.17, 15) is 8.78 Å². The van der Waals surface area contributed by atoms with Gasteiger partial charge in [-0.15, -0.1) is 0 Å². The van der Waals surface area contributed by atoms with Crippen molar-refractivity contribution in [3.8, 4) is 0 Å². The van der Waals surface area contributed by atoms with E-state index >= 15 is 0 Å². The van der Waals surface area contributed by atoms with Crippen molar-refractivity contribution >= 4 is 11.0 Å². The lowest BCUT2D eigenvalue weighted by Crippen LogP contribution is -2.14. The van der Waals surface area contributed by atoms with Crippen LogP contribution < -0.4 is 5.32 Å². The molecule has 0 aliphatic carbocycles. The highest BCUT2D eigenvalue weighted by molar-refractivity contribution is 5.82. The number of nitrogens with one attached hydrogen (secondary N) is 1. The molecule has 3 nitrogen and oxygen atoms in total. The molecule has 1 aromatic heterocycles. The Morgan fingerprint density at radius 1 is 1.32 bits per heavy atom. The third-order valence-electron chi connectivity index (χ3n) is 2.94.